The third-order valence-electron chi connectivity index (χ3n) is 3.26. The van der Waals surface area contributed by atoms with Crippen molar-refractivity contribution in [1.82, 2.24) is 9.88 Å². The van der Waals surface area contributed by atoms with Crippen molar-refractivity contribution in [2.24, 2.45) is 0 Å². The molecule has 1 aliphatic rings. The fourth-order valence-corrected chi connectivity index (χ4v) is 2.14. The van der Waals surface area contributed by atoms with Crippen molar-refractivity contribution in [3.63, 3.8) is 0 Å². The fraction of sp³-hybridized carbons (Fsp3) is 0.529. The lowest BCUT2D eigenvalue weighted by molar-refractivity contribution is 0.0283. The number of aromatic nitrogens is 1. The van der Waals surface area contributed by atoms with Crippen molar-refractivity contribution in [3.8, 4) is 0 Å². The highest BCUT2D eigenvalue weighted by atomic mass is 16.6. The van der Waals surface area contributed by atoms with E-state index in [4.69, 9.17) is 9.47 Å². The predicted molar refractivity (Wildman–Crippen MR) is 85.4 cm³/mol. The van der Waals surface area contributed by atoms with E-state index < -0.39 is 5.60 Å². The molecular formula is C17H24N2O3. The van der Waals surface area contributed by atoms with Crippen LogP contribution < -0.4 is 0 Å². The largest absolute Gasteiger partial charge is 0.444 e. The molecule has 0 radical (unpaired) electrons. The van der Waals surface area contributed by atoms with E-state index >= 15 is 0 Å². The van der Waals surface area contributed by atoms with Gasteiger partial charge in [0.1, 0.15) is 5.60 Å². The first-order valence-electron chi connectivity index (χ1n) is 7.51. The Hall–Kier alpha value is -1.88. The van der Waals surface area contributed by atoms with Crippen LogP contribution in [-0.2, 0) is 16.0 Å². The van der Waals surface area contributed by atoms with Gasteiger partial charge in [0.25, 0.3) is 0 Å². The second kappa shape index (κ2) is 6.92. The van der Waals surface area contributed by atoms with Crippen LogP contribution in [0.25, 0.3) is 5.57 Å². The van der Waals surface area contributed by atoms with Gasteiger partial charge < -0.3 is 14.4 Å². The molecule has 2 heterocycles. The summed E-state index contributed by atoms with van der Waals surface area (Å²) in [6.45, 7) is 7.42. The van der Waals surface area contributed by atoms with Gasteiger partial charge in [-0.1, -0.05) is 12.1 Å². The molecule has 0 aliphatic carbocycles. The molecule has 2 rings (SSSR count). The summed E-state index contributed by atoms with van der Waals surface area (Å²) in [5, 5.41) is 0. The van der Waals surface area contributed by atoms with Crippen LogP contribution in [0.4, 0.5) is 4.79 Å². The van der Waals surface area contributed by atoms with Gasteiger partial charge in [0.15, 0.2) is 0 Å². The van der Waals surface area contributed by atoms with Crippen molar-refractivity contribution in [1.29, 1.82) is 0 Å². The van der Waals surface area contributed by atoms with Crippen molar-refractivity contribution in [2.75, 3.05) is 20.3 Å². The van der Waals surface area contributed by atoms with E-state index in [0.29, 0.717) is 13.2 Å². The van der Waals surface area contributed by atoms with Gasteiger partial charge >= 0.3 is 6.09 Å². The molecule has 0 saturated carbocycles. The lowest BCUT2D eigenvalue weighted by atomic mass is 10.0. The zero-order chi connectivity index (χ0) is 16.2. The van der Waals surface area contributed by atoms with Gasteiger partial charge in [-0.25, -0.2) is 4.79 Å². The third-order valence-corrected chi connectivity index (χ3v) is 3.26. The molecule has 5 nitrogen and oxygen atoms in total. The smallest absolute Gasteiger partial charge is 0.410 e. The molecule has 120 valence electrons. The van der Waals surface area contributed by atoms with Crippen molar-refractivity contribution in [2.45, 2.75) is 39.3 Å². The highest BCUT2D eigenvalue weighted by molar-refractivity contribution is 5.68. The summed E-state index contributed by atoms with van der Waals surface area (Å²) < 4.78 is 10.6. The molecule has 1 aromatic rings. The minimum atomic E-state index is -0.488. The highest BCUT2D eigenvalue weighted by Gasteiger charge is 2.19. The van der Waals surface area contributed by atoms with Gasteiger partial charge in [0, 0.05) is 13.2 Å². The highest BCUT2D eigenvalue weighted by Crippen LogP contribution is 2.20. The number of carbonyl (C=O) groups excluding carboxylic acids is 1. The van der Waals surface area contributed by atoms with Gasteiger partial charge in [0.05, 0.1) is 25.5 Å². The van der Waals surface area contributed by atoms with Crippen LogP contribution in [0.3, 0.4) is 0 Å². The summed E-state index contributed by atoms with van der Waals surface area (Å²) in [6.07, 6.45) is 4.52. The number of ether oxygens (including phenoxy) is 2. The molecule has 1 amide bonds. The minimum Gasteiger partial charge on any atom is -0.444 e. The first kappa shape index (κ1) is 16.5. The fourth-order valence-electron chi connectivity index (χ4n) is 2.14. The van der Waals surface area contributed by atoms with E-state index in [2.05, 4.69) is 11.1 Å². The van der Waals surface area contributed by atoms with Crippen molar-refractivity contribution >= 4 is 11.7 Å². The van der Waals surface area contributed by atoms with Crippen LogP contribution in [-0.4, -0.2) is 41.8 Å². The number of hydrogen-bond donors (Lipinski definition) is 0. The Morgan fingerprint density at radius 3 is 2.73 bits per heavy atom. The Bertz CT molecular complexity index is 544. The van der Waals surface area contributed by atoms with Crippen molar-refractivity contribution in [3.05, 3.63) is 35.7 Å². The molecule has 0 unspecified atom stereocenters. The SMILES string of the molecule is CN(Cc1ccc(C2=CCOCC2)cn1)C(=O)OC(C)(C)C. The van der Waals surface area contributed by atoms with Gasteiger partial charge in [-0.15, -0.1) is 0 Å². The molecule has 1 aromatic heterocycles. The Kier molecular flexibility index (Phi) is 5.19. The van der Waals surface area contributed by atoms with Crippen LogP contribution in [0.1, 0.15) is 38.4 Å². The molecule has 22 heavy (non-hydrogen) atoms. The average Bonchev–Trinajstić information content (AvgIpc) is 2.47. The van der Waals surface area contributed by atoms with Crippen LogP contribution >= 0.6 is 0 Å². The number of nitrogens with zero attached hydrogens (tertiary/aromatic N) is 2. The quantitative estimate of drug-likeness (QED) is 0.860. The van der Waals surface area contributed by atoms with Crippen LogP contribution in [0, 0.1) is 0 Å². The van der Waals surface area contributed by atoms with Crippen LogP contribution in [0.5, 0.6) is 0 Å². The van der Waals surface area contributed by atoms with E-state index in [1.165, 1.54) is 10.5 Å². The number of carbonyl (C=O) groups is 1. The molecule has 5 heteroatoms. The monoisotopic (exact) mass is 304 g/mol. The van der Waals surface area contributed by atoms with Gasteiger partial charge in [-0.05, 0) is 44.4 Å². The molecule has 0 fully saturated rings. The summed E-state index contributed by atoms with van der Waals surface area (Å²) in [6, 6.07) is 3.99. The Morgan fingerprint density at radius 1 is 1.41 bits per heavy atom. The normalized spacial score (nSPS) is 15.2. The number of amides is 1. The lowest BCUT2D eigenvalue weighted by Gasteiger charge is -2.24. The minimum absolute atomic E-state index is 0.342. The number of pyridine rings is 1. The maximum atomic E-state index is 11.9. The summed E-state index contributed by atoms with van der Waals surface area (Å²) in [7, 11) is 1.71. The molecule has 0 N–H and O–H groups in total. The molecule has 0 atom stereocenters. The zero-order valence-electron chi connectivity index (χ0n) is 13.8. The summed E-state index contributed by atoms with van der Waals surface area (Å²) in [5.41, 5.74) is 2.74. The standard InChI is InChI=1S/C17H24N2O3/c1-17(2,3)22-16(20)19(4)12-15-6-5-14(11-18-15)13-7-9-21-10-8-13/h5-7,11H,8-10,12H2,1-4H3. The molecular weight excluding hydrogens is 280 g/mol. The first-order valence-corrected chi connectivity index (χ1v) is 7.51. The second-order valence-corrected chi connectivity index (χ2v) is 6.43. The number of rotatable bonds is 3. The molecule has 0 spiro atoms. The Balaban J connectivity index is 1.96. The number of hydrogen-bond acceptors (Lipinski definition) is 4. The average molecular weight is 304 g/mol. The van der Waals surface area contributed by atoms with E-state index in [1.807, 2.05) is 39.1 Å². The van der Waals surface area contributed by atoms with Crippen LogP contribution in [0.15, 0.2) is 24.4 Å². The van der Waals surface area contributed by atoms with Crippen molar-refractivity contribution < 1.29 is 14.3 Å². The third kappa shape index (κ3) is 4.84. The van der Waals surface area contributed by atoms with E-state index in [9.17, 15) is 4.79 Å². The summed E-state index contributed by atoms with van der Waals surface area (Å²) >= 11 is 0. The van der Waals surface area contributed by atoms with Gasteiger partial charge in [0.2, 0.25) is 0 Å². The maximum Gasteiger partial charge on any atom is 0.410 e. The van der Waals surface area contributed by atoms with E-state index in [1.54, 1.807) is 7.05 Å². The summed E-state index contributed by atoms with van der Waals surface area (Å²) in [5.74, 6) is 0. The molecule has 1 aliphatic heterocycles. The topological polar surface area (TPSA) is 51.7 Å². The second-order valence-electron chi connectivity index (χ2n) is 6.43. The molecule has 0 aromatic carbocycles. The zero-order valence-corrected chi connectivity index (χ0v) is 13.8. The summed E-state index contributed by atoms with van der Waals surface area (Å²) in [4.78, 5) is 17.9. The van der Waals surface area contributed by atoms with Crippen LogP contribution in [0.2, 0.25) is 0 Å². The van der Waals surface area contributed by atoms with Gasteiger partial charge in [-0.3, -0.25) is 4.98 Å². The maximum absolute atomic E-state index is 11.9. The van der Waals surface area contributed by atoms with Gasteiger partial charge in [-0.2, -0.15) is 0 Å². The first-order chi connectivity index (χ1) is 10.3. The van der Waals surface area contributed by atoms with E-state index in [0.717, 1.165) is 24.3 Å². The lowest BCUT2D eigenvalue weighted by Crippen LogP contribution is -2.34. The Labute approximate surface area is 131 Å². The Morgan fingerprint density at radius 2 is 2.18 bits per heavy atom. The molecule has 0 bridgehead atoms. The predicted octanol–water partition coefficient (Wildman–Crippen LogP) is 3.25. The molecule has 0 saturated heterocycles. The van der Waals surface area contributed by atoms with E-state index in [-0.39, 0.29) is 6.09 Å².